The monoisotopic (exact) mass is 335 g/mol. The Morgan fingerprint density at radius 2 is 1.80 bits per heavy atom. The van der Waals surface area contributed by atoms with E-state index in [1.165, 1.54) is 30.6 Å². The number of hydrogen-bond donors (Lipinski definition) is 1. The highest BCUT2D eigenvalue weighted by Gasteiger charge is 2.60. The Labute approximate surface area is 146 Å². The van der Waals surface area contributed by atoms with E-state index >= 15 is 0 Å². The maximum absolute atomic E-state index is 13.1. The van der Waals surface area contributed by atoms with Crippen molar-refractivity contribution in [1.29, 1.82) is 0 Å². The van der Waals surface area contributed by atoms with Gasteiger partial charge in [0, 0.05) is 17.0 Å². The summed E-state index contributed by atoms with van der Waals surface area (Å²) in [5.74, 6) is 1.21. The molecule has 1 spiro atoms. The van der Waals surface area contributed by atoms with Gasteiger partial charge in [-0.1, -0.05) is 49.9 Å². The molecule has 1 aromatic heterocycles. The third kappa shape index (κ3) is 2.11. The molecule has 0 unspecified atom stereocenters. The maximum Gasteiger partial charge on any atom is 0.329 e. The maximum atomic E-state index is 13.1. The molecule has 5 heteroatoms. The fourth-order valence-corrected chi connectivity index (χ4v) is 4.99. The summed E-state index contributed by atoms with van der Waals surface area (Å²) in [4.78, 5) is 31.3. The zero-order valence-electron chi connectivity index (χ0n) is 14.1. The molecule has 3 amide bonds. The van der Waals surface area contributed by atoms with Crippen LogP contribution in [0.4, 0.5) is 10.5 Å². The quantitative estimate of drug-likeness (QED) is 0.853. The van der Waals surface area contributed by atoms with Gasteiger partial charge in [0.25, 0.3) is 5.91 Å². The average molecular weight is 335 g/mol. The van der Waals surface area contributed by atoms with Gasteiger partial charge in [-0.25, -0.2) is 9.69 Å². The van der Waals surface area contributed by atoms with Crippen LogP contribution in [0.25, 0.3) is 10.8 Å². The molecule has 2 aromatic rings. The number of aromatic nitrogens is 1. The summed E-state index contributed by atoms with van der Waals surface area (Å²) in [5, 5.41) is 4.80. The van der Waals surface area contributed by atoms with Crippen LogP contribution in [0.3, 0.4) is 0 Å². The van der Waals surface area contributed by atoms with E-state index in [0.29, 0.717) is 11.6 Å². The highest BCUT2D eigenvalue weighted by atomic mass is 16.2. The van der Waals surface area contributed by atoms with Gasteiger partial charge in [0.1, 0.15) is 5.54 Å². The van der Waals surface area contributed by atoms with Crippen LogP contribution < -0.4 is 10.2 Å². The van der Waals surface area contributed by atoms with Crippen molar-refractivity contribution in [3.63, 3.8) is 0 Å². The molecular formula is C20H21N3O2. The van der Waals surface area contributed by atoms with Gasteiger partial charge < -0.3 is 5.32 Å². The molecule has 25 heavy (non-hydrogen) atoms. The molecule has 5 nitrogen and oxygen atoms in total. The Balaban J connectivity index is 1.45. The van der Waals surface area contributed by atoms with Crippen molar-refractivity contribution in [3.8, 4) is 0 Å². The summed E-state index contributed by atoms with van der Waals surface area (Å²) in [7, 11) is 0. The molecule has 0 atom stereocenters. The predicted molar refractivity (Wildman–Crippen MR) is 95.2 cm³/mol. The Hall–Kier alpha value is -2.43. The fourth-order valence-electron chi connectivity index (χ4n) is 4.99. The number of nitrogens with one attached hydrogen (secondary N) is 1. The summed E-state index contributed by atoms with van der Waals surface area (Å²) in [6, 6.07) is 7.41. The summed E-state index contributed by atoms with van der Waals surface area (Å²) in [5.41, 5.74) is -0.0943. The van der Waals surface area contributed by atoms with Crippen molar-refractivity contribution in [2.45, 2.75) is 44.1 Å². The minimum absolute atomic E-state index is 0.107. The zero-order chi connectivity index (χ0) is 17.0. The van der Waals surface area contributed by atoms with E-state index in [-0.39, 0.29) is 11.9 Å². The van der Waals surface area contributed by atoms with Crippen LogP contribution in [0.15, 0.2) is 36.7 Å². The first-order valence-corrected chi connectivity index (χ1v) is 9.17. The third-order valence-corrected chi connectivity index (χ3v) is 6.34. The Morgan fingerprint density at radius 1 is 1.04 bits per heavy atom. The van der Waals surface area contributed by atoms with Crippen LogP contribution in [0.2, 0.25) is 0 Å². The second-order valence-electron chi connectivity index (χ2n) is 7.75. The largest absolute Gasteiger partial charge is 0.329 e. The number of hydrogen-bond acceptors (Lipinski definition) is 3. The lowest BCUT2D eigenvalue weighted by Gasteiger charge is -2.45. The van der Waals surface area contributed by atoms with Crippen molar-refractivity contribution in [3.05, 3.63) is 36.7 Å². The van der Waals surface area contributed by atoms with E-state index in [9.17, 15) is 9.59 Å². The van der Waals surface area contributed by atoms with Crippen molar-refractivity contribution < 1.29 is 9.59 Å². The Morgan fingerprint density at radius 3 is 2.60 bits per heavy atom. The molecule has 5 rings (SSSR count). The second kappa shape index (κ2) is 5.28. The van der Waals surface area contributed by atoms with Crippen LogP contribution in [0.1, 0.15) is 38.5 Å². The van der Waals surface area contributed by atoms with Gasteiger partial charge >= 0.3 is 6.03 Å². The molecule has 2 heterocycles. The highest BCUT2D eigenvalue weighted by molar-refractivity contribution is 6.26. The number of benzene rings is 1. The Bertz CT molecular complexity index is 861. The summed E-state index contributed by atoms with van der Waals surface area (Å²) < 4.78 is 0. The van der Waals surface area contributed by atoms with Gasteiger partial charge in [0.2, 0.25) is 0 Å². The second-order valence-corrected chi connectivity index (χ2v) is 7.75. The van der Waals surface area contributed by atoms with Crippen LogP contribution in [0, 0.1) is 11.8 Å². The number of urea groups is 1. The van der Waals surface area contributed by atoms with Gasteiger partial charge in [0.05, 0.1) is 11.9 Å². The standard InChI is InChI=1S/C20H21N3O2/c24-18-20(9-15(10-20)13-5-1-2-6-13)22-19(25)23(18)17-12-21-11-14-7-3-4-8-16(14)17/h3-4,7-8,11-13,15H,1-2,5-6,9-10H2,(H,22,25). The van der Waals surface area contributed by atoms with Gasteiger partial charge in [-0.15, -0.1) is 0 Å². The number of carbonyl (C=O) groups excluding carboxylic acids is 2. The van der Waals surface area contributed by atoms with E-state index in [4.69, 9.17) is 0 Å². The van der Waals surface area contributed by atoms with E-state index in [1.54, 1.807) is 12.4 Å². The zero-order valence-corrected chi connectivity index (χ0v) is 14.1. The number of amides is 3. The number of imide groups is 1. The lowest BCUT2D eigenvalue weighted by Crippen LogP contribution is -2.58. The van der Waals surface area contributed by atoms with Crippen LogP contribution >= 0.6 is 0 Å². The van der Waals surface area contributed by atoms with Gasteiger partial charge in [-0.2, -0.15) is 0 Å². The molecule has 1 aliphatic heterocycles. The first-order valence-electron chi connectivity index (χ1n) is 9.17. The van der Waals surface area contributed by atoms with E-state index < -0.39 is 5.54 Å². The lowest BCUT2D eigenvalue weighted by atomic mass is 9.63. The van der Waals surface area contributed by atoms with Gasteiger partial charge in [0.15, 0.2) is 0 Å². The van der Waals surface area contributed by atoms with Crippen molar-refractivity contribution >= 4 is 28.4 Å². The van der Waals surface area contributed by atoms with E-state index in [1.807, 2.05) is 24.3 Å². The van der Waals surface area contributed by atoms with E-state index in [2.05, 4.69) is 10.3 Å². The smallest absolute Gasteiger partial charge is 0.323 e. The van der Waals surface area contributed by atoms with Gasteiger partial charge in [-0.05, 0) is 24.7 Å². The Kier molecular flexibility index (Phi) is 3.14. The molecule has 3 fully saturated rings. The highest BCUT2D eigenvalue weighted by Crippen LogP contribution is 2.50. The van der Waals surface area contributed by atoms with Crippen LogP contribution in [-0.4, -0.2) is 22.5 Å². The van der Waals surface area contributed by atoms with Crippen LogP contribution in [0.5, 0.6) is 0 Å². The van der Waals surface area contributed by atoms with Crippen molar-refractivity contribution in [1.82, 2.24) is 10.3 Å². The summed E-state index contributed by atoms with van der Waals surface area (Å²) in [6.45, 7) is 0. The molecular weight excluding hydrogens is 314 g/mol. The minimum atomic E-state index is -0.679. The average Bonchev–Trinajstić information content (AvgIpc) is 3.20. The number of rotatable bonds is 2. The first-order chi connectivity index (χ1) is 12.2. The summed E-state index contributed by atoms with van der Waals surface area (Å²) >= 11 is 0. The molecule has 1 saturated heterocycles. The molecule has 2 aliphatic carbocycles. The summed E-state index contributed by atoms with van der Waals surface area (Å²) in [6.07, 6.45) is 10.1. The molecule has 0 radical (unpaired) electrons. The van der Waals surface area contributed by atoms with Crippen LogP contribution in [-0.2, 0) is 4.79 Å². The number of nitrogens with zero attached hydrogens (tertiary/aromatic N) is 2. The normalized spacial score (nSPS) is 29.4. The predicted octanol–water partition coefficient (Wildman–Crippen LogP) is 3.63. The third-order valence-electron chi connectivity index (χ3n) is 6.34. The molecule has 1 aromatic carbocycles. The fraction of sp³-hybridized carbons (Fsp3) is 0.450. The number of pyridine rings is 1. The number of carbonyl (C=O) groups is 2. The molecule has 2 saturated carbocycles. The molecule has 0 bridgehead atoms. The topological polar surface area (TPSA) is 62.3 Å². The lowest BCUT2D eigenvalue weighted by molar-refractivity contribution is -0.127. The van der Waals surface area contributed by atoms with Crippen molar-refractivity contribution in [2.75, 3.05) is 4.90 Å². The number of fused-ring (bicyclic) bond motifs is 1. The SMILES string of the molecule is O=C1NC2(CC(C3CCCC3)C2)C(=O)N1c1cncc2ccccc12. The minimum Gasteiger partial charge on any atom is -0.323 e. The molecule has 1 N–H and O–H groups in total. The molecule has 128 valence electrons. The van der Waals surface area contributed by atoms with Gasteiger partial charge in [-0.3, -0.25) is 9.78 Å². The molecule has 3 aliphatic rings. The van der Waals surface area contributed by atoms with Crippen molar-refractivity contribution in [2.24, 2.45) is 11.8 Å². The number of anilines is 1. The van der Waals surface area contributed by atoms with E-state index in [0.717, 1.165) is 29.5 Å². The first kappa shape index (κ1) is 14.9.